The maximum Gasteiger partial charge on any atom is 0.328 e. The molecule has 0 atom stereocenters. The zero-order chi connectivity index (χ0) is 14.7. The van der Waals surface area contributed by atoms with Crippen molar-refractivity contribution in [2.45, 2.75) is 19.8 Å². The molecule has 0 unspecified atom stereocenters. The molecule has 0 aliphatic heterocycles. The second kappa shape index (κ2) is 6.05. The highest BCUT2D eigenvalue weighted by molar-refractivity contribution is 9.10. The molecule has 0 fully saturated rings. The molecule has 20 heavy (non-hydrogen) atoms. The van der Waals surface area contributed by atoms with Gasteiger partial charge in [-0.05, 0) is 36.3 Å². The average molecular weight is 335 g/mol. The lowest BCUT2D eigenvalue weighted by molar-refractivity contribution is -0.131. The van der Waals surface area contributed by atoms with Gasteiger partial charge in [0, 0.05) is 22.3 Å². The van der Waals surface area contributed by atoms with E-state index in [9.17, 15) is 4.79 Å². The summed E-state index contributed by atoms with van der Waals surface area (Å²) in [5, 5.41) is 13.3. The van der Waals surface area contributed by atoms with Gasteiger partial charge in [-0.1, -0.05) is 29.8 Å². The topological polar surface area (TPSA) is 55.1 Å². The summed E-state index contributed by atoms with van der Waals surface area (Å²) >= 11 is 3.39. The summed E-state index contributed by atoms with van der Waals surface area (Å²) in [6.45, 7) is 4.17. The molecular formula is C15H15BrN2O2. The van der Waals surface area contributed by atoms with E-state index in [4.69, 9.17) is 5.11 Å². The Hall–Kier alpha value is -1.88. The summed E-state index contributed by atoms with van der Waals surface area (Å²) in [5.41, 5.74) is 2.64. The molecule has 1 heterocycles. The van der Waals surface area contributed by atoms with E-state index in [1.807, 2.05) is 30.5 Å². The third kappa shape index (κ3) is 3.36. The van der Waals surface area contributed by atoms with Gasteiger partial charge < -0.3 is 5.11 Å². The molecule has 104 valence electrons. The van der Waals surface area contributed by atoms with Crippen molar-refractivity contribution in [1.29, 1.82) is 0 Å². The van der Waals surface area contributed by atoms with Crippen molar-refractivity contribution in [2.24, 2.45) is 0 Å². The molecule has 0 spiro atoms. The van der Waals surface area contributed by atoms with E-state index in [0.29, 0.717) is 5.92 Å². The third-order valence-corrected chi connectivity index (χ3v) is 3.34. The number of hydrogen-bond acceptors (Lipinski definition) is 2. The number of carbonyl (C=O) groups is 1. The first-order chi connectivity index (χ1) is 9.47. The monoisotopic (exact) mass is 334 g/mol. The van der Waals surface area contributed by atoms with Crippen molar-refractivity contribution in [3.05, 3.63) is 52.3 Å². The maximum atomic E-state index is 10.7. The van der Waals surface area contributed by atoms with Crippen molar-refractivity contribution in [1.82, 2.24) is 9.78 Å². The van der Waals surface area contributed by atoms with Gasteiger partial charge in [0.15, 0.2) is 0 Å². The molecule has 1 N–H and O–H groups in total. The normalized spacial score (nSPS) is 11.4. The number of rotatable bonds is 4. The molecule has 0 saturated heterocycles. The number of aliphatic carboxylic acids is 1. The molecule has 1 aromatic carbocycles. The highest BCUT2D eigenvalue weighted by atomic mass is 79.9. The van der Waals surface area contributed by atoms with Gasteiger partial charge in [0.2, 0.25) is 0 Å². The Morgan fingerprint density at radius 2 is 2.15 bits per heavy atom. The van der Waals surface area contributed by atoms with Crippen LogP contribution in [0.3, 0.4) is 0 Å². The van der Waals surface area contributed by atoms with E-state index in [2.05, 4.69) is 34.9 Å². The predicted octanol–water partition coefficient (Wildman–Crippen LogP) is 3.86. The van der Waals surface area contributed by atoms with Crippen LogP contribution in [0.4, 0.5) is 0 Å². The molecule has 0 saturated carbocycles. The number of halogens is 1. The molecule has 0 amide bonds. The summed E-state index contributed by atoms with van der Waals surface area (Å²) in [5.74, 6) is -0.621. The van der Waals surface area contributed by atoms with Crippen LogP contribution in [0, 0.1) is 0 Å². The lowest BCUT2D eigenvalue weighted by Crippen LogP contribution is -2.00. The molecule has 0 bridgehead atoms. The Morgan fingerprint density at radius 1 is 1.40 bits per heavy atom. The summed E-state index contributed by atoms with van der Waals surface area (Å²) in [6, 6.07) is 7.65. The average Bonchev–Trinajstić information content (AvgIpc) is 2.86. The molecule has 0 radical (unpaired) electrons. The van der Waals surface area contributed by atoms with Gasteiger partial charge in [0.05, 0.1) is 11.4 Å². The number of hydrogen-bond donors (Lipinski definition) is 1. The minimum atomic E-state index is -0.973. The predicted molar refractivity (Wildman–Crippen MR) is 82.0 cm³/mol. The minimum absolute atomic E-state index is 0.352. The van der Waals surface area contributed by atoms with E-state index in [0.717, 1.165) is 27.5 Å². The van der Waals surface area contributed by atoms with Crippen LogP contribution < -0.4 is 0 Å². The minimum Gasteiger partial charge on any atom is -0.478 e. The van der Waals surface area contributed by atoms with Crippen LogP contribution in [0.25, 0.3) is 11.8 Å². The Balaban J connectivity index is 2.46. The maximum absolute atomic E-state index is 10.7. The van der Waals surface area contributed by atoms with Crippen LogP contribution in [0.5, 0.6) is 0 Å². The smallest absolute Gasteiger partial charge is 0.328 e. The van der Waals surface area contributed by atoms with Crippen LogP contribution in [-0.4, -0.2) is 20.9 Å². The first-order valence-electron chi connectivity index (χ1n) is 6.24. The molecule has 1 aromatic heterocycles. The van der Waals surface area contributed by atoms with Crippen molar-refractivity contribution in [3.63, 3.8) is 0 Å². The first kappa shape index (κ1) is 14.5. The largest absolute Gasteiger partial charge is 0.478 e. The van der Waals surface area contributed by atoms with E-state index in [1.165, 1.54) is 0 Å². The number of benzene rings is 1. The number of carboxylic acids is 1. The lowest BCUT2D eigenvalue weighted by atomic mass is 10.1. The SMILES string of the molecule is CC(C)c1ccn(-c2ccc(Br)cc2/C=C/C(=O)O)n1. The summed E-state index contributed by atoms with van der Waals surface area (Å²) in [7, 11) is 0. The lowest BCUT2D eigenvalue weighted by Gasteiger charge is -2.07. The Morgan fingerprint density at radius 3 is 2.75 bits per heavy atom. The molecule has 5 heteroatoms. The summed E-state index contributed by atoms with van der Waals surface area (Å²) in [6.07, 6.45) is 4.58. The Bertz CT molecular complexity index is 660. The van der Waals surface area contributed by atoms with Crippen LogP contribution in [-0.2, 0) is 4.79 Å². The molecule has 0 aliphatic rings. The standard InChI is InChI=1S/C15H15BrN2O2/c1-10(2)13-7-8-18(17-13)14-5-4-12(16)9-11(14)3-6-15(19)20/h3-10H,1-2H3,(H,19,20)/b6-3+. The van der Waals surface area contributed by atoms with Crippen LogP contribution in [0.15, 0.2) is 41.0 Å². The Labute approximate surface area is 125 Å². The number of aromatic nitrogens is 2. The van der Waals surface area contributed by atoms with Gasteiger partial charge >= 0.3 is 5.97 Å². The fourth-order valence-electron chi connectivity index (χ4n) is 1.81. The molecule has 2 rings (SSSR count). The van der Waals surface area contributed by atoms with Crippen molar-refractivity contribution >= 4 is 28.0 Å². The quantitative estimate of drug-likeness (QED) is 0.864. The molecular weight excluding hydrogens is 320 g/mol. The van der Waals surface area contributed by atoms with Gasteiger partial charge in [-0.3, -0.25) is 0 Å². The third-order valence-electron chi connectivity index (χ3n) is 2.84. The second-order valence-electron chi connectivity index (χ2n) is 4.71. The number of carboxylic acid groups (broad SMARTS) is 1. The van der Waals surface area contributed by atoms with Crippen molar-refractivity contribution < 1.29 is 9.90 Å². The second-order valence-corrected chi connectivity index (χ2v) is 5.63. The molecule has 2 aromatic rings. The highest BCUT2D eigenvalue weighted by Gasteiger charge is 2.08. The van der Waals surface area contributed by atoms with Crippen molar-refractivity contribution in [3.8, 4) is 5.69 Å². The van der Waals surface area contributed by atoms with Gasteiger partial charge in [-0.15, -0.1) is 0 Å². The zero-order valence-corrected chi connectivity index (χ0v) is 12.8. The van der Waals surface area contributed by atoms with Crippen LogP contribution in [0.1, 0.15) is 31.0 Å². The van der Waals surface area contributed by atoms with Gasteiger partial charge in [-0.25, -0.2) is 9.48 Å². The van der Waals surface area contributed by atoms with E-state index in [-0.39, 0.29) is 0 Å². The first-order valence-corrected chi connectivity index (χ1v) is 7.03. The fraction of sp³-hybridized carbons (Fsp3) is 0.200. The van der Waals surface area contributed by atoms with Crippen LogP contribution >= 0.6 is 15.9 Å². The summed E-state index contributed by atoms with van der Waals surface area (Å²) in [4.78, 5) is 10.7. The van der Waals surface area contributed by atoms with E-state index in [1.54, 1.807) is 10.8 Å². The van der Waals surface area contributed by atoms with Gasteiger partial charge in [0.25, 0.3) is 0 Å². The van der Waals surface area contributed by atoms with Gasteiger partial charge in [-0.2, -0.15) is 5.10 Å². The van der Waals surface area contributed by atoms with Gasteiger partial charge in [0.1, 0.15) is 0 Å². The molecule has 4 nitrogen and oxygen atoms in total. The van der Waals surface area contributed by atoms with E-state index < -0.39 is 5.97 Å². The van der Waals surface area contributed by atoms with Crippen LogP contribution in [0.2, 0.25) is 0 Å². The van der Waals surface area contributed by atoms with E-state index >= 15 is 0 Å². The Kier molecular flexibility index (Phi) is 4.39. The summed E-state index contributed by atoms with van der Waals surface area (Å²) < 4.78 is 2.66. The fourth-order valence-corrected chi connectivity index (χ4v) is 2.19. The number of nitrogens with zero attached hydrogens (tertiary/aromatic N) is 2. The van der Waals surface area contributed by atoms with Crippen molar-refractivity contribution in [2.75, 3.05) is 0 Å². The molecule has 0 aliphatic carbocycles. The zero-order valence-electron chi connectivity index (χ0n) is 11.2. The highest BCUT2D eigenvalue weighted by Crippen LogP contribution is 2.22.